The maximum Gasteiger partial charge on any atom is 0.258 e. The molecule has 1 aromatic carbocycles. The zero-order chi connectivity index (χ0) is 22.8. The fraction of sp³-hybridized carbons (Fsp3) is 0.280. The molecule has 4 rings (SSSR count). The van der Waals surface area contributed by atoms with Gasteiger partial charge in [0.15, 0.2) is 12.3 Å². The molecule has 1 amide bonds. The van der Waals surface area contributed by atoms with Crippen LogP contribution in [-0.2, 0) is 11.8 Å². The number of pyridine rings is 2. The number of aryl methyl sites for hydroxylation is 4. The molecule has 0 fully saturated rings. The molecule has 4 aromatic rings. The van der Waals surface area contributed by atoms with Crippen LogP contribution in [0.15, 0.2) is 48.7 Å². The minimum absolute atomic E-state index is 0.106. The Labute approximate surface area is 187 Å². The van der Waals surface area contributed by atoms with Crippen molar-refractivity contribution in [1.29, 1.82) is 0 Å². The number of carbonyl (C=O) groups is 1. The van der Waals surface area contributed by atoms with Crippen LogP contribution in [0, 0.1) is 20.8 Å². The molecule has 164 valence electrons. The summed E-state index contributed by atoms with van der Waals surface area (Å²) in [5.41, 5.74) is 6.55. The Morgan fingerprint density at radius 2 is 1.81 bits per heavy atom. The first-order valence-corrected chi connectivity index (χ1v) is 10.6. The summed E-state index contributed by atoms with van der Waals surface area (Å²) in [5, 5.41) is 8.51. The maximum atomic E-state index is 12.4. The Balaban J connectivity index is 1.49. The van der Waals surface area contributed by atoms with Gasteiger partial charge in [0.25, 0.3) is 5.91 Å². The number of rotatable bonds is 6. The standard InChI is InChI=1S/C25H27N5O2/c1-15-6-9-19(10-7-15)18(4)27-21(31)14-32-22-12-17(3)23-24(29-30(5)25(23)28-22)20-11-8-16(2)13-26-20/h6-13,18H,14H2,1-5H3,(H,27,31)/t18-/m0/s1. The summed E-state index contributed by atoms with van der Waals surface area (Å²) in [6.45, 7) is 7.86. The van der Waals surface area contributed by atoms with Gasteiger partial charge in [-0.25, -0.2) is 4.68 Å². The van der Waals surface area contributed by atoms with Crippen LogP contribution in [0.1, 0.15) is 35.2 Å². The number of hydrogen-bond acceptors (Lipinski definition) is 5. The molecule has 0 aliphatic rings. The maximum absolute atomic E-state index is 12.4. The van der Waals surface area contributed by atoms with Gasteiger partial charge in [0, 0.05) is 19.3 Å². The third-order valence-electron chi connectivity index (χ3n) is 5.43. The number of carbonyl (C=O) groups excluding carboxylic acids is 1. The minimum atomic E-state index is -0.202. The van der Waals surface area contributed by atoms with Gasteiger partial charge < -0.3 is 10.1 Å². The van der Waals surface area contributed by atoms with Crippen LogP contribution in [0.2, 0.25) is 0 Å². The number of nitrogens with one attached hydrogen (secondary N) is 1. The number of nitrogens with zero attached hydrogens (tertiary/aromatic N) is 4. The number of amides is 1. The fourth-order valence-corrected chi connectivity index (χ4v) is 3.62. The van der Waals surface area contributed by atoms with E-state index in [4.69, 9.17) is 4.74 Å². The number of benzene rings is 1. The first kappa shape index (κ1) is 21.5. The molecule has 0 bridgehead atoms. The van der Waals surface area contributed by atoms with Gasteiger partial charge in [-0.1, -0.05) is 35.9 Å². The van der Waals surface area contributed by atoms with E-state index in [2.05, 4.69) is 20.4 Å². The average molecular weight is 430 g/mol. The first-order chi connectivity index (χ1) is 15.3. The molecular formula is C25H27N5O2. The lowest BCUT2D eigenvalue weighted by Gasteiger charge is -2.15. The van der Waals surface area contributed by atoms with Crippen LogP contribution in [0.4, 0.5) is 0 Å². The lowest BCUT2D eigenvalue weighted by molar-refractivity contribution is -0.123. The van der Waals surface area contributed by atoms with Gasteiger partial charge in [0.1, 0.15) is 5.69 Å². The quantitative estimate of drug-likeness (QED) is 0.496. The van der Waals surface area contributed by atoms with Gasteiger partial charge in [0.05, 0.1) is 17.1 Å². The summed E-state index contributed by atoms with van der Waals surface area (Å²) in [7, 11) is 1.84. The van der Waals surface area contributed by atoms with Crippen molar-refractivity contribution in [2.75, 3.05) is 6.61 Å². The largest absolute Gasteiger partial charge is 0.468 e. The van der Waals surface area contributed by atoms with Gasteiger partial charge in [-0.05, 0) is 50.5 Å². The molecule has 7 heteroatoms. The molecule has 3 aromatic heterocycles. The number of fused-ring (bicyclic) bond motifs is 1. The highest BCUT2D eigenvalue weighted by Gasteiger charge is 2.17. The Morgan fingerprint density at radius 3 is 2.50 bits per heavy atom. The van der Waals surface area contributed by atoms with E-state index in [0.29, 0.717) is 11.5 Å². The van der Waals surface area contributed by atoms with Crippen molar-refractivity contribution < 1.29 is 9.53 Å². The molecule has 0 saturated carbocycles. The minimum Gasteiger partial charge on any atom is -0.468 e. The van der Waals surface area contributed by atoms with E-state index in [1.165, 1.54) is 5.56 Å². The highest BCUT2D eigenvalue weighted by molar-refractivity contribution is 5.93. The molecule has 0 unspecified atom stereocenters. The Bertz CT molecular complexity index is 1260. The zero-order valence-corrected chi connectivity index (χ0v) is 19.0. The summed E-state index contributed by atoms with van der Waals surface area (Å²) in [5.74, 6) is 0.187. The average Bonchev–Trinajstić information content (AvgIpc) is 3.10. The van der Waals surface area contributed by atoms with Crippen LogP contribution in [0.5, 0.6) is 5.88 Å². The van der Waals surface area contributed by atoms with E-state index in [0.717, 1.165) is 33.5 Å². The van der Waals surface area contributed by atoms with E-state index in [1.54, 1.807) is 4.68 Å². The van der Waals surface area contributed by atoms with Crippen LogP contribution < -0.4 is 10.1 Å². The predicted molar refractivity (Wildman–Crippen MR) is 124 cm³/mol. The van der Waals surface area contributed by atoms with E-state index in [9.17, 15) is 4.79 Å². The molecular weight excluding hydrogens is 402 g/mol. The molecule has 0 radical (unpaired) electrons. The summed E-state index contributed by atoms with van der Waals surface area (Å²) >= 11 is 0. The topological polar surface area (TPSA) is 81.9 Å². The SMILES string of the molecule is Cc1ccc([C@H](C)NC(=O)COc2cc(C)c3c(-c4ccc(C)cn4)nn(C)c3n2)cc1. The third kappa shape index (κ3) is 4.46. The van der Waals surface area contributed by atoms with Gasteiger partial charge in [0.2, 0.25) is 5.88 Å². The van der Waals surface area contributed by atoms with Crippen molar-refractivity contribution in [3.05, 3.63) is 70.9 Å². The number of ether oxygens (including phenoxy) is 1. The predicted octanol–water partition coefficient (Wildman–Crippen LogP) is 4.21. The van der Waals surface area contributed by atoms with Crippen LogP contribution in [0.3, 0.4) is 0 Å². The van der Waals surface area contributed by atoms with Crippen LogP contribution in [-0.4, -0.2) is 32.3 Å². The molecule has 0 aliphatic heterocycles. The molecule has 0 aliphatic carbocycles. The second-order valence-electron chi connectivity index (χ2n) is 8.16. The van der Waals surface area contributed by atoms with Gasteiger partial charge >= 0.3 is 0 Å². The molecule has 0 spiro atoms. The van der Waals surface area contributed by atoms with E-state index in [1.807, 2.05) is 83.4 Å². The van der Waals surface area contributed by atoms with Crippen molar-refractivity contribution in [2.24, 2.45) is 7.05 Å². The van der Waals surface area contributed by atoms with E-state index >= 15 is 0 Å². The zero-order valence-electron chi connectivity index (χ0n) is 19.0. The molecule has 0 saturated heterocycles. The second-order valence-corrected chi connectivity index (χ2v) is 8.16. The summed E-state index contributed by atoms with van der Waals surface area (Å²) in [6.07, 6.45) is 1.83. The molecule has 1 atom stereocenters. The second kappa shape index (κ2) is 8.78. The normalized spacial score (nSPS) is 12.0. The number of hydrogen-bond donors (Lipinski definition) is 1. The van der Waals surface area contributed by atoms with Crippen molar-refractivity contribution in [3.8, 4) is 17.3 Å². The summed E-state index contributed by atoms with van der Waals surface area (Å²) in [4.78, 5) is 21.5. The van der Waals surface area contributed by atoms with E-state index in [-0.39, 0.29) is 18.6 Å². The highest BCUT2D eigenvalue weighted by Crippen LogP contribution is 2.30. The van der Waals surface area contributed by atoms with Crippen molar-refractivity contribution >= 4 is 16.9 Å². The van der Waals surface area contributed by atoms with Crippen LogP contribution in [0.25, 0.3) is 22.4 Å². The summed E-state index contributed by atoms with van der Waals surface area (Å²) < 4.78 is 7.43. The lowest BCUT2D eigenvalue weighted by atomic mass is 10.1. The van der Waals surface area contributed by atoms with Crippen molar-refractivity contribution in [2.45, 2.75) is 33.7 Å². The van der Waals surface area contributed by atoms with Gasteiger partial charge in [-0.3, -0.25) is 9.78 Å². The monoisotopic (exact) mass is 429 g/mol. The first-order valence-electron chi connectivity index (χ1n) is 10.6. The highest BCUT2D eigenvalue weighted by atomic mass is 16.5. The Hall–Kier alpha value is -3.74. The molecule has 7 nitrogen and oxygen atoms in total. The molecule has 1 N–H and O–H groups in total. The molecule has 32 heavy (non-hydrogen) atoms. The third-order valence-corrected chi connectivity index (χ3v) is 5.43. The smallest absolute Gasteiger partial charge is 0.258 e. The summed E-state index contributed by atoms with van der Waals surface area (Å²) in [6, 6.07) is 13.8. The Morgan fingerprint density at radius 1 is 1.09 bits per heavy atom. The number of aromatic nitrogens is 4. The van der Waals surface area contributed by atoms with Crippen molar-refractivity contribution in [1.82, 2.24) is 25.1 Å². The van der Waals surface area contributed by atoms with E-state index < -0.39 is 0 Å². The fourth-order valence-electron chi connectivity index (χ4n) is 3.62. The van der Waals surface area contributed by atoms with Crippen LogP contribution >= 0.6 is 0 Å². The lowest BCUT2D eigenvalue weighted by Crippen LogP contribution is -2.31. The molecule has 3 heterocycles. The van der Waals surface area contributed by atoms with Crippen molar-refractivity contribution in [3.63, 3.8) is 0 Å². The van der Waals surface area contributed by atoms with Gasteiger partial charge in [-0.15, -0.1) is 0 Å². The van der Waals surface area contributed by atoms with Gasteiger partial charge in [-0.2, -0.15) is 10.1 Å². The Kier molecular flexibility index (Phi) is 5.90.